The number of methoxy groups -OCH3 is 1. The molecule has 0 fully saturated rings. The number of ether oxygens (including phenoxy) is 3. The zero-order valence-corrected chi connectivity index (χ0v) is 17.1. The Morgan fingerprint density at radius 3 is 2.76 bits per heavy atom. The number of aromatic hydroxyl groups is 1. The van der Waals surface area contributed by atoms with E-state index in [1.807, 2.05) is 16.7 Å². The van der Waals surface area contributed by atoms with Crippen LogP contribution in [0.15, 0.2) is 33.7 Å². The Labute approximate surface area is 174 Å². The summed E-state index contributed by atoms with van der Waals surface area (Å²) in [6.45, 7) is 1.19. The van der Waals surface area contributed by atoms with Gasteiger partial charge in [0.2, 0.25) is 5.95 Å². The van der Waals surface area contributed by atoms with Gasteiger partial charge in [0, 0.05) is 24.1 Å². The molecule has 9 nitrogen and oxygen atoms in total. The van der Waals surface area contributed by atoms with Crippen molar-refractivity contribution in [2.45, 2.75) is 12.6 Å². The number of hydrogen-bond acceptors (Lipinski definition) is 8. The maximum Gasteiger partial charge on any atom is 0.212 e. The number of hydrogen-bond donors (Lipinski definition) is 3. The van der Waals surface area contributed by atoms with Crippen LogP contribution in [0.2, 0.25) is 0 Å². The Morgan fingerprint density at radius 2 is 2.00 bits per heavy atom. The van der Waals surface area contributed by atoms with Crippen molar-refractivity contribution in [1.29, 1.82) is 0 Å². The second kappa shape index (κ2) is 6.73. The zero-order valence-electron chi connectivity index (χ0n) is 15.5. The van der Waals surface area contributed by atoms with Gasteiger partial charge >= 0.3 is 0 Å². The first-order chi connectivity index (χ1) is 14.0. The second-order valence-corrected chi connectivity index (χ2v) is 7.56. The van der Waals surface area contributed by atoms with E-state index in [9.17, 15) is 5.11 Å². The van der Waals surface area contributed by atoms with Crippen LogP contribution in [0.4, 0.5) is 5.95 Å². The highest BCUT2D eigenvalue weighted by molar-refractivity contribution is 9.10. The normalized spacial score (nSPS) is 17.9. The van der Waals surface area contributed by atoms with E-state index in [2.05, 4.69) is 31.2 Å². The minimum absolute atomic E-state index is 0.0220. The van der Waals surface area contributed by atoms with E-state index in [4.69, 9.17) is 19.9 Å². The minimum Gasteiger partial charge on any atom is -0.503 e. The summed E-state index contributed by atoms with van der Waals surface area (Å²) in [6.07, 6.45) is 0.316. The van der Waals surface area contributed by atoms with Gasteiger partial charge in [0.15, 0.2) is 35.1 Å². The van der Waals surface area contributed by atoms with Crippen LogP contribution in [-0.4, -0.2) is 40.9 Å². The van der Waals surface area contributed by atoms with Crippen molar-refractivity contribution in [1.82, 2.24) is 9.55 Å². The van der Waals surface area contributed by atoms with Gasteiger partial charge in [0.05, 0.1) is 35.8 Å². The number of halogens is 1. The summed E-state index contributed by atoms with van der Waals surface area (Å²) < 4.78 is 19.3. The van der Waals surface area contributed by atoms with Gasteiger partial charge in [-0.25, -0.2) is 9.98 Å². The first-order valence-corrected chi connectivity index (χ1v) is 9.82. The van der Waals surface area contributed by atoms with Gasteiger partial charge < -0.3 is 25.1 Å². The van der Waals surface area contributed by atoms with Crippen LogP contribution in [0.3, 0.4) is 0 Å². The minimum atomic E-state index is -0.508. The standard InChI is InChI=1S/C19H18BrN5O4/c1-27-15-6-9(5-10(20)16(15)26)17-23-18(21)24-19-22-11-7-13-14(8-12(11)25(17)19)29-4-2-3-28-13/h5-8,17,26H,2-4H2,1H3,(H3,21,22,23,24)/t17-/m1/s1. The largest absolute Gasteiger partial charge is 0.503 e. The lowest BCUT2D eigenvalue weighted by Crippen LogP contribution is -2.31. The Kier molecular flexibility index (Phi) is 4.16. The van der Waals surface area contributed by atoms with Crippen LogP contribution in [0.5, 0.6) is 23.0 Å². The summed E-state index contributed by atoms with van der Waals surface area (Å²) in [5.74, 6) is 2.50. The Hall–Kier alpha value is -3.14. The smallest absolute Gasteiger partial charge is 0.212 e. The van der Waals surface area contributed by atoms with E-state index in [-0.39, 0.29) is 11.7 Å². The average Bonchev–Trinajstić information content (AvgIpc) is 2.89. The molecular weight excluding hydrogens is 442 g/mol. The summed E-state index contributed by atoms with van der Waals surface area (Å²) in [4.78, 5) is 9.23. The number of nitrogens with two attached hydrogens (primary N) is 1. The molecule has 4 N–H and O–H groups in total. The molecule has 0 unspecified atom stereocenters. The van der Waals surface area contributed by atoms with Crippen LogP contribution in [-0.2, 0) is 0 Å². The van der Waals surface area contributed by atoms with Gasteiger partial charge in [-0.05, 0) is 28.1 Å². The zero-order chi connectivity index (χ0) is 20.1. The monoisotopic (exact) mass is 459 g/mol. The van der Waals surface area contributed by atoms with E-state index in [1.54, 1.807) is 12.1 Å². The molecular formula is C19H18BrN5O4. The average molecular weight is 460 g/mol. The number of aliphatic imine (C=N–C) groups is 1. The Bertz CT molecular complexity index is 1160. The summed E-state index contributed by atoms with van der Waals surface area (Å²) in [5.41, 5.74) is 8.34. The molecule has 29 heavy (non-hydrogen) atoms. The number of phenolic OH excluding ortho intramolecular Hbond substituents is 1. The number of nitrogens with zero attached hydrogens (tertiary/aromatic N) is 3. The van der Waals surface area contributed by atoms with Gasteiger partial charge in [0.1, 0.15) is 0 Å². The van der Waals surface area contributed by atoms with Gasteiger partial charge in [-0.1, -0.05) is 0 Å². The van der Waals surface area contributed by atoms with Crippen LogP contribution in [0, 0.1) is 0 Å². The highest BCUT2D eigenvalue weighted by Gasteiger charge is 2.28. The molecule has 5 rings (SSSR count). The summed E-state index contributed by atoms with van der Waals surface area (Å²) in [7, 11) is 1.50. The topological polar surface area (TPSA) is 116 Å². The van der Waals surface area contributed by atoms with Crippen molar-refractivity contribution < 1.29 is 19.3 Å². The van der Waals surface area contributed by atoms with Crippen molar-refractivity contribution in [2.24, 2.45) is 10.7 Å². The van der Waals surface area contributed by atoms with Crippen molar-refractivity contribution >= 4 is 38.9 Å². The van der Waals surface area contributed by atoms with Crippen molar-refractivity contribution in [3.8, 4) is 23.0 Å². The van der Waals surface area contributed by atoms with E-state index < -0.39 is 6.17 Å². The fourth-order valence-electron chi connectivity index (χ4n) is 3.55. The highest BCUT2D eigenvalue weighted by Crippen LogP contribution is 2.42. The lowest BCUT2D eigenvalue weighted by Gasteiger charge is -2.24. The quantitative estimate of drug-likeness (QED) is 0.539. The third kappa shape index (κ3) is 2.91. The number of benzene rings is 2. The molecule has 0 aliphatic carbocycles. The number of nitrogens with one attached hydrogen (secondary N) is 1. The molecule has 150 valence electrons. The number of guanidine groups is 1. The third-order valence-corrected chi connectivity index (χ3v) is 5.48. The van der Waals surface area contributed by atoms with Gasteiger partial charge in [-0.2, -0.15) is 0 Å². The number of fused-ring (bicyclic) bond motifs is 4. The maximum atomic E-state index is 10.2. The molecule has 0 saturated carbocycles. The summed E-state index contributed by atoms with van der Waals surface area (Å²) in [5, 5.41) is 13.2. The predicted molar refractivity (Wildman–Crippen MR) is 111 cm³/mol. The summed E-state index contributed by atoms with van der Waals surface area (Å²) >= 11 is 3.37. The molecule has 0 amide bonds. The van der Waals surface area contributed by atoms with E-state index in [1.165, 1.54) is 7.11 Å². The van der Waals surface area contributed by atoms with Crippen molar-refractivity contribution in [3.63, 3.8) is 0 Å². The van der Waals surface area contributed by atoms with Crippen LogP contribution >= 0.6 is 15.9 Å². The van der Waals surface area contributed by atoms with Gasteiger partial charge in [0.25, 0.3) is 0 Å². The third-order valence-electron chi connectivity index (χ3n) is 4.87. The van der Waals surface area contributed by atoms with Gasteiger partial charge in [-0.3, -0.25) is 9.88 Å². The molecule has 1 aromatic heterocycles. The number of imidazole rings is 1. The predicted octanol–water partition coefficient (Wildman–Crippen LogP) is 2.96. The lowest BCUT2D eigenvalue weighted by molar-refractivity contribution is 0.297. The molecule has 0 bridgehead atoms. The first kappa shape index (κ1) is 17.9. The number of aromatic nitrogens is 2. The molecule has 10 heteroatoms. The fourth-order valence-corrected chi connectivity index (χ4v) is 4.01. The molecule has 1 atom stereocenters. The molecule has 2 aliphatic heterocycles. The van der Waals surface area contributed by atoms with Crippen LogP contribution in [0.25, 0.3) is 11.0 Å². The first-order valence-electron chi connectivity index (χ1n) is 9.03. The molecule has 3 aromatic rings. The summed E-state index contributed by atoms with van der Waals surface area (Å²) in [6, 6.07) is 7.28. The molecule has 0 spiro atoms. The highest BCUT2D eigenvalue weighted by atomic mass is 79.9. The van der Waals surface area contributed by atoms with E-state index >= 15 is 0 Å². The number of anilines is 1. The van der Waals surface area contributed by atoms with Crippen LogP contribution in [0.1, 0.15) is 18.2 Å². The van der Waals surface area contributed by atoms with Crippen molar-refractivity contribution in [2.75, 3.05) is 25.6 Å². The van der Waals surface area contributed by atoms with E-state index in [0.29, 0.717) is 40.9 Å². The number of phenols is 1. The van der Waals surface area contributed by atoms with Gasteiger partial charge in [-0.15, -0.1) is 0 Å². The lowest BCUT2D eigenvalue weighted by atomic mass is 10.1. The molecule has 0 saturated heterocycles. The second-order valence-electron chi connectivity index (χ2n) is 6.71. The SMILES string of the molecule is COc1cc([C@@H]2N=C(N)Nc3nc4cc5c(cc4n32)OCCCO5)cc(Br)c1O. The molecule has 2 aromatic carbocycles. The molecule has 2 aliphatic rings. The van der Waals surface area contributed by atoms with E-state index in [0.717, 1.165) is 23.0 Å². The van der Waals surface area contributed by atoms with Crippen molar-refractivity contribution in [3.05, 3.63) is 34.3 Å². The fraction of sp³-hybridized carbons (Fsp3) is 0.263. The Balaban J connectivity index is 1.71. The van der Waals surface area contributed by atoms with Crippen LogP contribution < -0.4 is 25.3 Å². The Morgan fingerprint density at radius 1 is 1.24 bits per heavy atom. The molecule has 0 radical (unpaired) electrons. The maximum absolute atomic E-state index is 10.2. The molecule has 3 heterocycles. The number of rotatable bonds is 2.